The minimum absolute atomic E-state index is 0.106. The van der Waals surface area contributed by atoms with Crippen molar-refractivity contribution in [2.45, 2.75) is 44.6 Å². The summed E-state index contributed by atoms with van der Waals surface area (Å²) in [6.45, 7) is 2.07. The molecule has 0 saturated carbocycles. The molecule has 4 nitrogen and oxygen atoms in total. The van der Waals surface area contributed by atoms with E-state index in [0.29, 0.717) is 18.2 Å². The van der Waals surface area contributed by atoms with Crippen molar-refractivity contribution in [3.05, 3.63) is 47.1 Å². The highest BCUT2D eigenvalue weighted by Gasteiger charge is 2.26. The molecule has 2 aromatic rings. The van der Waals surface area contributed by atoms with E-state index in [1.165, 1.54) is 11.1 Å². The zero-order valence-electron chi connectivity index (χ0n) is 11.2. The molecule has 0 aliphatic heterocycles. The quantitative estimate of drug-likeness (QED) is 0.912. The highest BCUT2D eigenvalue weighted by molar-refractivity contribution is 5.34. The van der Waals surface area contributed by atoms with Crippen molar-refractivity contribution < 1.29 is 4.52 Å². The maximum atomic E-state index is 5.91. The summed E-state index contributed by atoms with van der Waals surface area (Å²) in [6, 6.07) is 8.65. The van der Waals surface area contributed by atoms with Crippen molar-refractivity contribution in [3.8, 4) is 0 Å². The van der Waals surface area contributed by atoms with E-state index in [1.54, 1.807) is 0 Å². The van der Waals surface area contributed by atoms with Gasteiger partial charge in [0.25, 0.3) is 0 Å². The second-order valence-corrected chi connectivity index (χ2v) is 5.29. The van der Waals surface area contributed by atoms with Gasteiger partial charge in [0.1, 0.15) is 0 Å². The molecule has 4 heteroatoms. The van der Waals surface area contributed by atoms with Crippen molar-refractivity contribution in [1.82, 2.24) is 10.1 Å². The maximum absolute atomic E-state index is 5.91. The molecule has 1 aliphatic carbocycles. The van der Waals surface area contributed by atoms with Crippen LogP contribution in [0.1, 0.15) is 42.1 Å². The first-order valence-corrected chi connectivity index (χ1v) is 6.91. The van der Waals surface area contributed by atoms with Gasteiger partial charge in [-0.2, -0.15) is 4.98 Å². The summed E-state index contributed by atoms with van der Waals surface area (Å²) in [4.78, 5) is 4.51. The molecule has 0 bridgehead atoms. The van der Waals surface area contributed by atoms with Gasteiger partial charge >= 0.3 is 0 Å². The maximum Gasteiger partial charge on any atom is 0.228 e. The van der Waals surface area contributed by atoms with Crippen LogP contribution in [0.3, 0.4) is 0 Å². The molecule has 19 heavy (non-hydrogen) atoms. The molecule has 1 atom stereocenters. The van der Waals surface area contributed by atoms with Crippen molar-refractivity contribution in [2.75, 3.05) is 0 Å². The Morgan fingerprint density at radius 2 is 2.00 bits per heavy atom. The summed E-state index contributed by atoms with van der Waals surface area (Å²) in [7, 11) is 0. The third-order valence-corrected chi connectivity index (χ3v) is 3.86. The summed E-state index contributed by atoms with van der Waals surface area (Å²) in [5.74, 6) is 1.85. The van der Waals surface area contributed by atoms with Crippen LogP contribution in [0.5, 0.6) is 0 Å². The summed E-state index contributed by atoms with van der Waals surface area (Å²) in [6.07, 6.45) is 3.61. The fourth-order valence-electron chi connectivity index (χ4n) is 2.63. The summed E-state index contributed by atoms with van der Waals surface area (Å²) in [5, 5.41) is 4.13. The Morgan fingerprint density at radius 1 is 1.32 bits per heavy atom. The fraction of sp³-hybridized carbons (Fsp3) is 0.467. The number of hydrogen-bond donors (Lipinski definition) is 1. The zero-order chi connectivity index (χ0) is 13.2. The molecule has 0 spiro atoms. The third kappa shape index (κ3) is 2.54. The largest absolute Gasteiger partial charge is 0.339 e. The number of fused-ring (bicyclic) bond motifs is 1. The van der Waals surface area contributed by atoms with Crippen LogP contribution >= 0.6 is 0 Å². The lowest BCUT2D eigenvalue weighted by Crippen LogP contribution is -2.21. The minimum Gasteiger partial charge on any atom is -0.339 e. The van der Waals surface area contributed by atoms with Gasteiger partial charge in [0.2, 0.25) is 5.89 Å². The van der Waals surface area contributed by atoms with E-state index in [-0.39, 0.29) is 6.04 Å². The van der Waals surface area contributed by atoms with Crippen molar-refractivity contribution >= 4 is 0 Å². The first kappa shape index (κ1) is 12.4. The first-order valence-electron chi connectivity index (χ1n) is 6.91. The van der Waals surface area contributed by atoms with Crippen LogP contribution in [-0.2, 0) is 19.3 Å². The summed E-state index contributed by atoms with van der Waals surface area (Å²) >= 11 is 0. The molecule has 1 aliphatic rings. The van der Waals surface area contributed by atoms with Crippen LogP contribution in [0, 0.1) is 0 Å². The van der Waals surface area contributed by atoms with Gasteiger partial charge in [0.15, 0.2) is 5.82 Å². The van der Waals surface area contributed by atoms with E-state index >= 15 is 0 Å². The van der Waals surface area contributed by atoms with Crippen LogP contribution in [0.15, 0.2) is 28.8 Å². The Bertz CT molecular complexity index is 539. The molecule has 0 amide bonds. The zero-order valence-corrected chi connectivity index (χ0v) is 11.2. The van der Waals surface area contributed by atoms with E-state index in [9.17, 15) is 0 Å². The average molecular weight is 257 g/mol. The van der Waals surface area contributed by atoms with Gasteiger partial charge in [-0.1, -0.05) is 36.3 Å². The van der Waals surface area contributed by atoms with Crippen LogP contribution in [0.4, 0.5) is 0 Å². The number of hydrogen-bond acceptors (Lipinski definition) is 4. The molecule has 2 N–H and O–H groups in total. The lowest BCUT2D eigenvalue weighted by molar-refractivity contribution is 0.360. The number of nitrogens with zero attached hydrogens (tertiary/aromatic N) is 2. The third-order valence-electron chi connectivity index (χ3n) is 3.86. The second-order valence-electron chi connectivity index (χ2n) is 5.29. The van der Waals surface area contributed by atoms with Crippen molar-refractivity contribution in [1.29, 1.82) is 0 Å². The standard InChI is InChI=1S/C15H19N3O/c1-2-13(16)9-14-17-15(18-19-14)12-7-10-5-3-4-6-11(10)8-12/h3-6,12-13H,2,7-9,16H2,1H3. The summed E-state index contributed by atoms with van der Waals surface area (Å²) in [5.41, 5.74) is 8.72. The smallest absolute Gasteiger partial charge is 0.228 e. The topological polar surface area (TPSA) is 64.9 Å². The molecule has 1 unspecified atom stereocenters. The van der Waals surface area contributed by atoms with Crippen LogP contribution < -0.4 is 5.73 Å². The lowest BCUT2D eigenvalue weighted by atomic mass is 10.1. The normalized spacial score (nSPS) is 16.5. The molecule has 1 aromatic carbocycles. The Balaban J connectivity index is 1.72. The van der Waals surface area contributed by atoms with E-state index in [0.717, 1.165) is 25.1 Å². The molecule has 1 heterocycles. The fourth-order valence-corrected chi connectivity index (χ4v) is 2.63. The number of rotatable bonds is 4. The Hall–Kier alpha value is -1.68. The Kier molecular flexibility index (Phi) is 3.34. The van der Waals surface area contributed by atoms with Gasteiger partial charge in [-0.25, -0.2) is 0 Å². The second kappa shape index (κ2) is 5.13. The molecule has 3 rings (SSSR count). The van der Waals surface area contributed by atoms with E-state index in [4.69, 9.17) is 10.3 Å². The molecule has 100 valence electrons. The number of benzene rings is 1. The van der Waals surface area contributed by atoms with Crippen molar-refractivity contribution in [2.24, 2.45) is 5.73 Å². The van der Waals surface area contributed by atoms with Crippen molar-refractivity contribution in [3.63, 3.8) is 0 Å². The molecule has 0 radical (unpaired) electrons. The Morgan fingerprint density at radius 3 is 2.63 bits per heavy atom. The van der Waals surface area contributed by atoms with E-state index < -0.39 is 0 Å². The average Bonchev–Trinajstić information content (AvgIpc) is 3.04. The van der Waals surface area contributed by atoms with Gasteiger partial charge in [-0.3, -0.25) is 0 Å². The molecule has 0 fully saturated rings. The highest BCUT2D eigenvalue weighted by Crippen LogP contribution is 2.32. The molecule has 1 aromatic heterocycles. The van der Waals surface area contributed by atoms with Crippen LogP contribution in [0.25, 0.3) is 0 Å². The van der Waals surface area contributed by atoms with Crippen LogP contribution in [-0.4, -0.2) is 16.2 Å². The number of aromatic nitrogens is 2. The monoisotopic (exact) mass is 257 g/mol. The van der Waals surface area contributed by atoms with E-state index in [1.807, 2.05) is 0 Å². The van der Waals surface area contributed by atoms with Gasteiger partial charge in [0, 0.05) is 18.4 Å². The number of nitrogens with two attached hydrogens (primary N) is 1. The van der Waals surface area contributed by atoms with Crippen LogP contribution in [0.2, 0.25) is 0 Å². The van der Waals surface area contributed by atoms with Gasteiger partial charge in [0.05, 0.1) is 0 Å². The Labute approximate surface area is 113 Å². The van der Waals surface area contributed by atoms with Gasteiger partial charge in [-0.05, 0) is 30.4 Å². The molecular formula is C15H19N3O. The molecular weight excluding hydrogens is 238 g/mol. The molecule has 0 saturated heterocycles. The van der Waals surface area contributed by atoms with Gasteiger partial charge in [-0.15, -0.1) is 0 Å². The minimum atomic E-state index is 0.106. The van der Waals surface area contributed by atoms with Gasteiger partial charge < -0.3 is 10.3 Å². The SMILES string of the molecule is CCC(N)Cc1nc(C2Cc3ccccc3C2)no1. The predicted molar refractivity (Wildman–Crippen MR) is 72.9 cm³/mol. The highest BCUT2D eigenvalue weighted by atomic mass is 16.5. The first-order chi connectivity index (χ1) is 9.26. The van der Waals surface area contributed by atoms with E-state index in [2.05, 4.69) is 41.3 Å². The summed E-state index contributed by atoms with van der Waals surface area (Å²) < 4.78 is 5.31. The predicted octanol–water partition coefficient (Wildman–Crippen LogP) is 2.23. The lowest BCUT2D eigenvalue weighted by Gasteiger charge is -2.03.